The third-order valence-electron chi connectivity index (χ3n) is 1.86. The lowest BCUT2D eigenvalue weighted by Gasteiger charge is -2.13. The van der Waals surface area contributed by atoms with Crippen LogP contribution in [0.25, 0.3) is 0 Å². The third kappa shape index (κ3) is 3.01. The van der Waals surface area contributed by atoms with Crippen LogP contribution in [0.4, 0.5) is 0 Å². The van der Waals surface area contributed by atoms with Crippen LogP contribution in [0, 0.1) is 0 Å². The van der Waals surface area contributed by atoms with Crippen LogP contribution in [0.5, 0.6) is 0 Å². The number of pyridine rings is 1. The maximum Gasteiger partial charge on any atom is 0.116 e. The lowest BCUT2D eigenvalue weighted by Crippen LogP contribution is -2.16. The van der Waals surface area contributed by atoms with Gasteiger partial charge < -0.3 is 4.74 Å². The van der Waals surface area contributed by atoms with E-state index in [0.717, 1.165) is 18.0 Å². The molecule has 1 saturated heterocycles. The van der Waals surface area contributed by atoms with Gasteiger partial charge in [0, 0.05) is 23.8 Å². The maximum absolute atomic E-state index is 5.63. The first-order valence-corrected chi connectivity index (χ1v) is 5.22. The summed E-state index contributed by atoms with van der Waals surface area (Å²) in [5.41, 5.74) is 0.700. The fourth-order valence-electron chi connectivity index (χ4n) is 1.16. The molecule has 3 nitrogen and oxygen atoms in total. The summed E-state index contributed by atoms with van der Waals surface area (Å²) in [5, 5.41) is 0. The molecule has 1 aromatic heterocycles. The molecule has 5 heteroatoms. The molecule has 2 radical (unpaired) electrons. The van der Waals surface area contributed by atoms with Gasteiger partial charge in [-0.05, 0) is 19.0 Å². The molecule has 1 aromatic rings. The van der Waals surface area contributed by atoms with Crippen molar-refractivity contribution < 1.29 is 4.74 Å². The third-order valence-corrected chi connectivity index (χ3v) is 2.75. The molecule has 1 atom stereocenters. The van der Waals surface area contributed by atoms with E-state index in [1.807, 2.05) is 19.3 Å². The number of aromatic nitrogens is 1. The van der Waals surface area contributed by atoms with Crippen LogP contribution in [-0.4, -0.2) is 43.4 Å². The summed E-state index contributed by atoms with van der Waals surface area (Å²) in [4.78, 5) is 5.09. The molecule has 1 aliphatic heterocycles. The quantitative estimate of drug-likeness (QED) is 0.400. The summed E-state index contributed by atoms with van der Waals surface area (Å²) >= 11 is 1.64. The Balaban J connectivity index is 1.88. The van der Waals surface area contributed by atoms with Crippen molar-refractivity contribution in [3.05, 3.63) is 18.5 Å². The minimum atomic E-state index is 0.418. The minimum Gasteiger partial charge on any atom is -0.372 e. The Hall–Kier alpha value is -0.515. The molecule has 2 rings (SSSR count). The van der Waals surface area contributed by atoms with Crippen molar-refractivity contribution in [3.63, 3.8) is 0 Å². The summed E-state index contributed by atoms with van der Waals surface area (Å²) < 4.78 is 7.28. The van der Waals surface area contributed by atoms with E-state index >= 15 is 0 Å². The molecule has 0 aliphatic carbocycles. The van der Waals surface area contributed by atoms with Crippen LogP contribution >= 0.6 is 11.9 Å². The van der Waals surface area contributed by atoms with Crippen LogP contribution in [0.3, 0.4) is 0 Å². The summed E-state index contributed by atoms with van der Waals surface area (Å²) in [6.07, 6.45) is 3.88. The summed E-state index contributed by atoms with van der Waals surface area (Å²) in [5.74, 6) is 0. The van der Waals surface area contributed by atoms with Crippen molar-refractivity contribution in [1.29, 1.82) is 0 Å². The molecule has 1 fully saturated rings. The molecule has 0 saturated carbocycles. The SMILES string of the molecule is [B]c1cncc(SN(C)C[C@H]2CO2)c1. The topological polar surface area (TPSA) is 28.7 Å². The van der Waals surface area contributed by atoms with Crippen molar-refractivity contribution in [1.82, 2.24) is 9.29 Å². The number of hydrogen-bond donors (Lipinski definition) is 0. The van der Waals surface area contributed by atoms with Gasteiger partial charge in [-0.1, -0.05) is 11.5 Å². The zero-order valence-electron chi connectivity index (χ0n) is 8.01. The molecule has 0 unspecified atom stereocenters. The zero-order chi connectivity index (χ0) is 9.97. The van der Waals surface area contributed by atoms with Gasteiger partial charge in [0.15, 0.2) is 0 Å². The fourth-order valence-corrected chi connectivity index (χ4v) is 2.06. The minimum absolute atomic E-state index is 0.418. The number of epoxide rings is 1. The van der Waals surface area contributed by atoms with Gasteiger partial charge in [0.1, 0.15) is 7.85 Å². The van der Waals surface area contributed by atoms with Crippen LogP contribution < -0.4 is 5.46 Å². The molecule has 0 amide bonds. The van der Waals surface area contributed by atoms with E-state index in [1.165, 1.54) is 0 Å². The first-order chi connectivity index (χ1) is 6.74. The van der Waals surface area contributed by atoms with Crippen molar-refractivity contribution in [2.75, 3.05) is 20.2 Å². The van der Waals surface area contributed by atoms with Gasteiger partial charge >= 0.3 is 0 Å². The predicted octanol–water partition coefficient (Wildman–Crippen LogP) is 0.213. The first kappa shape index (κ1) is 10.0. The average molecular weight is 206 g/mol. The number of ether oxygens (including phenoxy) is 1. The highest BCUT2D eigenvalue weighted by Crippen LogP contribution is 2.21. The Labute approximate surface area is 89.4 Å². The summed E-state index contributed by atoms with van der Waals surface area (Å²) in [6, 6.07) is 1.92. The zero-order valence-corrected chi connectivity index (χ0v) is 8.83. The molecule has 0 bridgehead atoms. The van der Waals surface area contributed by atoms with Crippen LogP contribution in [0.2, 0.25) is 0 Å². The molecular formula is C9H11BN2OS. The van der Waals surface area contributed by atoms with Crippen LogP contribution in [0.1, 0.15) is 0 Å². The van der Waals surface area contributed by atoms with Crippen LogP contribution in [0.15, 0.2) is 23.4 Å². The second-order valence-electron chi connectivity index (χ2n) is 3.31. The van der Waals surface area contributed by atoms with Crippen molar-refractivity contribution in [2.24, 2.45) is 0 Å². The highest BCUT2D eigenvalue weighted by molar-refractivity contribution is 7.97. The largest absolute Gasteiger partial charge is 0.372 e. The fraction of sp³-hybridized carbons (Fsp3) is 0.444. The highest BCUT2D eigenvalue weighted by Gasteiger charge is 2.24. The molecule has 0 aromatic carbocycles. The number of rotatable bonds is 4. The maximum atomic E-state index is 5.63. The Kier molecular flexibility index (Phi) is 3.10. The molecule has 2 heterocycles. The Morgan fingerprint density at radius 1 is 1.71 bits per heavy atom. The van der Waals surface area contributed by atoms with Crippen molar-refractivity contribution in [2.45, 2.75) is 11.0 Å². The van der Waals surface area contributed by atoms with E-state index in [4.69, 9.17) is 12.6 Å². The van der Waals surface area contributed by atoms with Gasteiger partial charge in [-0.3, -0.25) is 4.98 Å². The molecule has 1 aliphatic rings. The van der Waals surface area contributed by atoms with Gasteiger partial charge in [0.2, 0.25) is 0 Å². The van der Waals surface area contributed by atoms with E-state index in [2.05, 4.69) is 9.29 Å². The molecule has 0 spiro atoms. The van der Waals surface area contributed by atoms with Gasteiger partial charge in [0.05, 0.1) is 12.7 Å². The van der Waals surface area contributed by atoms with Crippen LogP contribution in [-0.2, 0) is 4.74 Å². The van der Waals surface area contributed by atoms with Gasteiger partial charge in [-0.15, -0.1) is 0 Å². The predicted molar refractivity (Wildman–Crippen MR) is 57.9 cm³/mol. The monoisotopic (exact) mass is 206 g/mol. The average Bonchev–Trinajstić information content (AvgIpc) is 2.87. The number of nitrogens with zero attached hydrogens (tertiary/aromatic N) is 2. The second-order valence-corrected chi connectivity index (χ2v) is 4.59. The second kappa shape index (κ2) is 4.34. The Morgan fingerprint density at radius 2 is 2.50 bits per heavy atom. The number of likely N-dealkylation sites (N-methyl/N-ethyl adjacent to an activating group) is 1. The Bertz CT molecular complexity index is 319. The molecule has 72 valence electrons. The molecule has 0 N–H and O–H groups in total. The van der Waals surface area contributed by atoms with Crippen molar-refractivity contribution in [3.8, 4) is 0 Å². The van der Waals surface area contributed by atoms with E-state index in [-0.39, 0.29) is 0 Å². The van der Waals surface area contributed by atoms with E-state index < -0.39 is 0 Å². The van der Waals surface area contributed by atoms with Crippen molar-refractivity contribution >= 4 is 25.3 Å². The smallest absolute Gasteiger partial charge is 0.116 e. The molecule has 14 heavy (non-hydrogen) atoms. The highest BCUT2D eigenvalue weighted by atomic mass is 32.2. The standard InChI is InChI=1S/C9H11BN2OS/c1-12(5-8-6-13-8)14-9-2-7(10)3-11-4-9/h2-4,8H,5-6H2,1H3/t8-/m0/s1. The first-order valence-electron chi connectivity index (χ1n) is 4.45. The van der Waals surface area contributed by atoms with Gasteiger partial charge in [-0.25, -0.2) is 4.31 Å². The Morgan fingerprint density at radius 3 is 3.14 bits per heavy atom. The van der Waals surface area contributed by atoms with Gasteiger partial charge in [-0.2, -0.15) is 0 Å². The lowest BCUT2D eigenvalue weighted by molar-refractivity contribution is 0.373. The molecular weight excluding hydrogens is 195 g/mol. The van der Waals surface area contributed by atoms with Gasteiger partial charge in [0.25, 0.3) is 0 Å². The normalized spacial score (nSPS) is 20.0. The lowest BCUT2D eigenvalue weighted by atomic mass is 9.99. The van der Waals surface area contributed by atoms with E-state index in [9.17, 15) is 0 Å². The number of hydrogen-bond acceptors (Lipinski definition) is 4. The summed E-state index contributed by atoms with van der Waals surface area (Å²) in [6.45, 7) is 1.83. The van der Waals surface area contributed by atoms with E-state index in [1.54, 1.807) is 18.1 Å². The summed E-state index contributed by atoms with van der Waals surface area (Å²) in [7, 11) is 7.67. The van der Waals surface area contributed by atoms with E-state index in [0.29, 0.717) is 11.6 Å².